The molecule has 0 radical (unpaired) electrons. The van der Waals surface area contributed by atoms with Crippen LogP contribution in [0.3, 0.4) is 0 Å². The number of carbonyl (C=O) groups is 1. The summed E-state index contributed by atoms with van der Waals surface area (Å²) in [5, 5.41) is 0.535. The van der Waals surface area contributed by atoms with Crippen molar-refractivity contribution >= 4 is 29.1 Å². The molecule has 1 fully saturated rings. The van der Waals surface area contributed by atoms with Gasteiger partial charge in [-0.25, -0.2) is 0 Å². The van der Waals surface area contributed by atoms with Crippen LogP contribution in [-0.4, -0.2) is 23.4 Å². The minimum Gasteiger partial charge on any atom is -0.495 e. The van der Waals surface area contributed by atoms with E-state index in [4.69, 9.17) is 16.3 Å². The Morgan fingerprint density at radius 1 is 1.53 bits per heavy atom. The molecular formula is C13H15ClO2S. The van der Waals surface area contributed by atoms with Crippen molar-refractivity contribution in [2.75, 3.05) is 12.9 Å². The van der Waals surface area contributed by atoms with Crippen LogP contribution in [0.2, 0.25) is 5.02 Å². The monoisotopic (exact) mass is 270 g/mol. The molecule has 92 valence electrons. The molecule has 4 heteroatoms. The van der Waals surface area contributed by atoms with Crippen molar-refractivity contribution in [2.45, 2.75) is 24.5 Å². The number of rotatable bonds is 3. The zero-order chi connectivity index (χ0) is 12.5. The minimum atomic E-state index is -0.279. The minimum absolute atomic E-state index is 0.176. The van der Waals surface area contributed by atoms with Crippen LogP contribution in [0.25, 0.3) is 0 Å². The van der Waals surface area contributed by atoms with Crippen molar-refractivity contribution in [1.29, 1.82) is 0 Å². The summed E-state index contributed by atoms with van der Waals surface area (Å²) < 4.78 is 4.86. The molecule has 1 aromatic rings. The predicted octanol–water partition coefficient (Wildman–Crippen LogP) is 3.82. The van der Waals surface area contributed by atoms with Crippen LogP contribution in [0.15, 0.2) is 18.2 Å². The van der Waals surface area contributed by atoms with Gasteiger partial charge < -0.3 is 4.74 Å². The Kier molecular flexibility index (Phi) is 3.69. The van der Waals surface area contributed by atoms with Crippen LogP contribution < -0.4 is 4.74 Å². The van der Waals surface area contributed by atoms with Crippen LogP contribution in [-0.2, 0) is 0 Å². The fraction of sp³-hybridized carbons (Fsp3) is 0.462. The van der Waals surface area contributed by atoms with Gasteiger partial charge in [-0.15, -0.1) is 11.8 Å². The standard InChI is InChI=1S/C13H15ClO2S/c1-13(6-3-7-17-13)12(15)9-4-5-10(14)11(8-9)16-2/h4-5,8H,3,6-7H2,1-2H3. The second kappa shape index (κ2) is 4.91. The first-order valence-corrected chi connectivity index (χ1v) is 6.95. The van der Waals surface area contributed by atoms with Crippen molar-refractivity contribution in [2.24, 2.45) is 0 Å². The summed E-state index contributed by atoms with van der Waals surface area (Å²) in [6, 6.07) is 5.22. The molecule has 1 aliphatic rings. The Morgan fingerprint density at radius 2 is 2.29 bits per heavy atom. The van der Waals surface area contributed by atoms with Crippen LogP contribution >= 0.6 is 23.4 Å². The third-order valence-corrected chi connectivity index (χ3v) is 4.94. The second-order valence-electron chi connectivity index (χ2n) is 4.36. The summed E-state index contributed by atoms with van der Waals surface area (Å²) in [4.78, 5) is 12.4. The zero-order valence-electron chi connectivity index (χ0n) is 9.96. The summed E-state index contributed by atoms with van der Waals surface area (Å²) in [6.07, 6.45) is 2.05. The molecule has 1 heterocycles. The van der Waals surface area contributed by atoms with Crippen LogP contribution in [0.4, 0.5) is 0 Å². The van der Waals surface area contributed by atoms with Gasteiger partial charge in [0.25, 0.3) is 0 Å². The lowest BCUT2D eigenvalue weighted by atomic mass is 9.94. The molecule has 1 atom stereocenters. The molecule has 1 unspecified atom stereocenters. The van der Waals surface area contributed by atoms with E-state index in [-0.39, 0.29) is 10.5 Å². The van der Waals surface area contributed by atoms with E-state index in [1.54, 1.807) is 37.1 Å². The highest BCUT2D eigenvalue weighted by atomic mass is 35.5. The second-order valence-corrected chi connectivity index (χ2v) is 6.37. The van der Waals surface area contributed by atoms with E-state index in [2.05, 4.69) is 0 Å². The van der Waals surface area contributed by atoms with Gasteiger partial charge in [-0.3, -0.25) is 4.79 Å². The maximum atomic E-state index is 12.4. The molecule has 0 saturated carbocycles. The quantitative estimate of drug-likeness (QED) is 0.781. The summed E-state index contributed by atoms with van der Waals surface area (Å²) in [5.41, 5.74) is 0.683. The molecule has 0 spiro atoms. The molecule has 1 aromatic carbocycles. The highest BCUT2D eigenvalue weighted by Crippen LogP contribution is 2.41. The topological polar surface area (TPSA) is 26.3 Å². The molecule has 0 aromatic heterocycles. The maximum absolute atomic E-state index is 12.4. The van der Waals surface area contributed by atoms with Gasteiger partial charge in [0.05, 0.1) is 16.9 Å². The van der Waals surface area contributed by atoms with Gasteiger partial charge in [0.1, 0.15) is 5.75 Å². The lowest BCUT2D eigenvalue weighted by molar-refractivity contribution is 0.0948. The van der Waals surface area contributed by atoms with E-state index in [0.29, 0.717) is 16.3 Å². The van der Waals surface area contributed by atoms with E-state index in [0.717, 1.165) is 18.6 Å². The van der Waals surface area contributed by atoms with Gasteiger partial charge >= 0.3 is 0 Å². The lowest BCUT2D eigenvalue weighted by Crippen LogP contribution is -2.28. The number of ketones is 1. The highest BCUT2D eigenvalue weighted by molar-refractivity contribution is 8.01. The number of hydrogen-bond donors (Lipinski definition) is 0. The number of halogens is 1. The van der Waals surface area contributed by atoms with Crippen LogP contribution in [0, 0.1) is 0 Å². The smallest absolute Gasteiger partial charge is 0.178 e. The van der Waals surface area contributed by atoms with E-state index in [9.17, 15) is 4.79 Å². The largest absolute Gasteiger partial charge is 0.495 e. The first kappa shape index (κ1) is 12.8. The number of carbonyl (C=O) groups excluding carboxylic acids is 1. The molecule has 1 saturated heterocycles. The third-order valence-electron chi connectivity index (χ3n) is 3.11. The number of hydrogen-bond acceptors (Lipinski definition) is 3. The van der Waals surface area contributed by atoms with Gasteiger partial charge in [-0.2, -0.15) is 0 Å². The van der Waals surface area contributed by atoms with Gasteiger partial charge in [0.2, 0.25) is 0 Å². The number of benzene rings is 1. The summed E-state index contributed by atoms with van der Waals surface area (Å²) in [6.45, 7) is 2.02. The lowest BCUT2D eigenvalue weighted by Gasteiger charge is -2.21. The van der Waals surface area contributed by atoms with Crippen LogP contribution in [0.5, 0.6) is 5.75 Å². The molecule has 0 bridgehead atoms. The molecule has 1 aliphatic heterocycles. The Hall–Kier alpha value is -0.670. The molecule has 2 nitrogen and oxygen atoms in total. The average Bonchev–Trinajstić information content (AvgIpc) is 2.77. The predicted molar refractivity (Wildman–Crippen MR) is 72.4 cm³/mol. The Labute approximate surface area is 111 Å². The molecule has 17 heavy (non-hydrogen) atoms. The number of Topliss-reactive ketones (excluding diaryl/α,β-unsaturated/α-hetero) is 1. The number of ether oxygens (including phenoxy) is 1. The van der Waals surface area contributed by atoms with Crippen molar-refractivity contribution in [1.82, 2.24) is 0 Å². The van der Waals surface area contributed by atoms with Gasteiger partial charge in [-0.05, 0) is 43.7 Å². The fourth-order valence-electron chi connectivity index (χ4n) is 2.06. The van der Waals surface area contributed by atoms with Gasteiger partial charge in [0, 0.05) is 5.56 Å². The molecule has 2 rings (SSSR count). The normalized spacial score (nSPS) is 23.7. The van der Waals surface area contributed by atoms with E-state index in [1.807, 2.05) is 6.92 Å². The van der Waals surface area contributed by atoms with E-state index >= 15 is 0 Å². The van der Waals surface area contributed by atoms with Crippen molar-refractivity contribution in [3.05, 3.63) is 28.8 Å². The van der Waals surface area contributed by atoms with Crippen molar-refractivity contribution < 1.29 is 9.53 Å². The summed E-state index contributed by atoms with van der Waals surface area (Å²) in [7, 11) is 1.56. The Morgan fingerprint density at radius 3 is 2.88 bits per heavy atom. The molecule has 0 amide bonds. The van der Waals surface area contributed by atoms with Crippen LogP contribution in [0.1, 0.15) is 30.1 Å². The number of thioether (sulfide) groups is 1. The average molecular weight is 271 g/mol. The zero-order valence-corrected chi connectivity index (χ0v) is 11.5. The first-order valence-electron chi connectivity index (χ1n) is 5.59. The Bertz CT molecular complexity index is 439. The fourth-order valence-corrected chi connectivity index (χ4v) is 3.54. The SMILES string of the molecule is COc1cc(C(=O)C2(C)CCCS2)ccc1Cl. The van der Waals surface area contributed by atoms with Crippen molar-refractivity contribution in [3.63, 3.8) is 0 Å². The van der Waals surface area contributed by atoms with E-state index < -0.39 is 0 Å². The van der Waals surface area contributed by atoms with E-state index in [1.165, 1.54) is 0 Å². The van der Waals surface area contributed by atoms with Crippen molar-refractivity contribution in [3.8, 4) is 5.75 Å². The first-order chi connectivity index (χ1) is 8.07. The van der Waals surface area contributed by atoms with Gasteiger partial charge in [-0.1, -0.05) is 11.6 Å². The summed E-state index contributed by atoms with van der Waals surface area (Å²) >= 11 is 7.70. The molecule has 0 N–H and O–H groups in total. The maximum Gasteiger partial charge on any atom is 0.178 e. The number of methoxy groups -OCH3 is 1. The van der Waals surface area contributed by atoms with Gasteiger partial charge in [0.15, 0.2) is 5.78 Å². The molecule has 0 aliphatic carbocycles. The highest BCUT2D eigenvalue weighted by Gasteiger charge is 2.37. The Balaban J connectivity index is 2.31. The summed E-state index contributed by atoms with van der Waals surface area (Å²) in [5.74, 6) is 1.80. The third kappa shape index (κ3) is 2.45. The molecular weight excluding hydrogens is 256 g/mol.